The van der Waals surface area contributed by atoms with E-state index in [0.29, 0.717) is 19.7 Å². The molecule has 0 unspecified atom stereocenters. The first-order valence-corrected chi connectivity index (χ1v) is 7.29. The first-order chi connectivity index (χ1) is 9.71. The number of nitrogens with zero attached hydrogens (tertiary/aromatic N) is 1. The van der Waals surface area contributed by atoms with Gasteiger partial charge in [-0.25, -0.2) is 4.79 Å². The molecule has 0 bridgehead atoms. The first kappa shape index (κ1) is 16.5. The van der Waals surface area contributed by atoms with Gasteiger partial charge in [0.2, 0.25) is 0 Å². The number of hydrogen-bond donors (Lipinski definition) is 1. The lowest BCUT2D eigenvalue weighted by molar-refractivity contribution is 0.144. The van der Waals surface area contributed by atoms with Crippen LogP contribution in [0.2, 0.25) is 0 Å². The number of hydrogen-bond acceptors (Lipinski definition) is 2. The van der Waals surface area contributed by atoms with E-state index in [-0.39, 0.29) is 12.1 Å². The molecule has 0 spiro atoms. The van der Waals surface area contributed by atoms with E-state index >= 15 is 0 Å². The second kappa shape index (κ2) is 9.37. The molecule has 0 saturated carbocycles. The second-order valence-corrected chi connectivity index (χ2v) is 4.86. The Kier molecular flexibility index (Phi) is 7.73. The van der Waals surface area contributed by atoms with E-state index in [1.54, 1.807) is 12.0 Å². The minimum Gasteiger partial charge on any atom is -0.383 e. The third kappa shape index (κ3) is 5.61. The lowest BCUT2D eigenvalue weighted by Crippen LogP contribution is -2.45. The predicted octanol–water partition coefficient (Wildman–Crippen LogP) is 3.03. The number of ether oxygens (including phenoxy) is 1. The first-order valence-electron chi connectivity index (χ1n) is 7.29. The summed E-state index contributed by atoms with van der Waals surface area (Å²) in [5.41, 5.74) is 1.13. The normalized spacial score (nSPS) is 10.6. The molecular formula is C16H26N2O2. The van der Waals surface area contributed by atoms with Crippen LogP contribution in [0.5, 0.6) is 0 Å². The van der Waals surface area contributed by atoms with Crippen LogP contribution in [0.1, 0.15) is 32.3 Å². The van der Waals surface area contributed by atoms with Gasteiger partial charge in [0, 0.05) is 26.2 Å². The Balaban J connectivity index is 2.65. The van der Waals surface area contributed by atoms with Gasteiger partial charge >= 0.3 is 6.03 Å². The van der Waals surface area contributed by atoms with E-state index in [9.17, 15) is 4.79 Å². The summed E-state index contributed by atoms with van der Waals surface area (Å²) < 4.78 is 5.10. The molecule has 0 heterocycles. The molecule has 4 nitrogen and oxygen atoms in total. The largest absolute Gasteiger partial charge is 0.383 e. The number of nitrogens with one attached hydrogen (secondary N) is 1. The number of benzene rings is 1. The monoisotopic (exact) mass is 278 g/mol. The third-order valence-electron chi connectivity index (χ3n) is 3.38. The summed E-state index contributed by atoms with van der Waals surface area (Å²) in [6.45, 7) is 5.92. The van der Waals surface area contributed by atoms with Crippen LogP contribution in [0.15, 0.2) is 30.3 Å². The van der Waals surface area contributed by atoms with Crippen molar-refractivity contribution in [2.24, 2.45) is 0 Å². The number of rotatable bonds is 8. The van der Waals surface area contributed by atoms with Crippen molar-refractivity contribution in [3.8, 4) is 0 Å². The molecule has 0 radical (unpaired) electrons. The molecule has 0 atom stereocenters. The van der Waals surface area contributed by atoms with E-state index in [2.05, 4.69) is 19.2 Å². The van der Waals surface area contributed by atoms with Gasteiger partial charge in [0.25, 0.3) is 0 Å². The number of amides is 2. The Labute approximate surface area is 122 Å². The lowest BCUT2D eigenvalue weighted by Gasteiger charge is -2.25. The molecule has 0 saturated heterocycles. The summed E-state index contributed by atoms with van der Waals surface area (Å²) in [4.78, 5) is 14.1. The van der Waals surface area contributed by atoms with Crippen LogP contribution in [0.3, 0.4) is 0 Å². The molecule has 0 aliphatic heterocycles. The van der Waals surface area contributed by atoms with Crippen LogP contribution >= 0.6 is 0 Å². The fraction of sp³-hybridized carbons (Fsp3) is 0.562. The SMILES string of the molecule is CCC(CC)NC(=O)N(CCOC)Cc1ccccc1. The predicted molar refractivity (Wildman–Crippen MR) is 81.6 cm³/mol. The summed E-state index contributed by atoms with van der Waals surface area (Å²) in [5.74, 6) is 0. The Morgan fingerprint density at radius 2 is 1.90 bits per heavy atom. The highest BCUT2D eigenvalue weighted by atomic mass is 16.5. The fourth-order valence-corrected chi connectivity index (χ4v) is 2.02. The summed E-state index contributed by atoms with van der Waals surface area (Å²) >= 11 is 0. The molecule has 0 aromatic heterocycles. The molecule has 0 aliphatic rings. The lowest BCUT2D eigenvalue weighted by atomic mass is 10.2. The highest BCUT2D eigenvalue weighted by Gasteiger charge is 2.16. The van der Waals surface area contributed by atoms with Crippen LogP contribution in [0.25, 0.3) is 0 Å². The van der Waals surface area contributed by atoms with Gasteiger partial charge in [-0.2, -0.15) is 0 Å². The van der Waals surface area contributed by atoms with Crippen molar-refractivity contribution in [2.75, 3.05) is 20.3 Å². The number of methoxy groups -OCH3 is 1. The van der Waals surface area contributed by atoms with E-state index in [4.69, 9.17) is 4.74 Å². The quantitative estimate of drug-likeness (QED) is 0.794. The highest BCUT2D eigenvalue weighted by Crippen LogP contribution is 2.06. The van der Waals surface area contributed by atoms with Crippen molar-refractivity contribution in [2.45, 2.75) is 39.3 Å². The standard InChI is InChI=1S/C16H26N2O2/c1-4-15(5-2)17-16(19)18(11-12-20-3)13-14-9-7-6-8-10-14/h6-10,15H,4-5,11-13H2,1-3H3,(H,17,19). The summed E-state index contributed by atoms with van der Waals surface area (Å²) in [7, 11) is 1.65. The molecule has 112 valence electrons. The van der Waals surface area contributed by atoms with E-state index in [1.807, 2.05) is 30.3 Å². The zero-order chi connectivity index (χ0) is 14.8. The molecule has 1 aromatic rings. The number of carbonyl (C=O) groups is 1. The second-order valence-electron chi connectivity index (χ2n) is 4.86. The molecule has 1 N–H and O–H groups in total. The van der Waals surface area contributed by atoms with Crippen LogP contribution in [0.4, 0.5) is 4.79 Å². The van der Waals surface area contributed by atoms with Crippen molar-refractivity contribution >= 4 is 6.03 Å². The van der Waals surface area contributed by atoms with Gasteiger partial charge < -0.3 is 15.0 Å². The van der Waals surface area contributed by atoms with Gasteiger partial charge in [0.05, 0.1) is 6.61 Å². The minimum atomic E-state index is -0.0143. The molecule has 2 amide bonds. The topological polar surface area (TPSA) is 41.6 Å². The zero-order valence-corrected chi connectivity index (χ0v) is 12.8. The summed E-state index contributed by atoms with van der Waals surface area (Å²) in [5, 5.41) is 3.08. The smallest absolute Gasteiger partial charge is 0.317 e. The molecule has 0 fully saturated rings. The minimum absolute atomic E-state index is 0.0143. The van der Waals surface area contributed by atoms with Gasteiger partial charge in [-0.05, 0) is 18.4 Å². The van der Waals surface area contributed by atoms with Crippen molar-refractivity contribution in [1.29, 1.82) is 0 Å². The maximum atomic E-state index is 12.3. The third-order valence-corrected chi connectivity index (χ3v) is 3.38. The molecule has 4 heteroatoms. The number of urea groups is 1. The van der Waals surface area contributed by atoms with Crippen molar-refractivity contribution in [1.82, 2.24) is 10.2 Å². The molecule has 0 aliphatic carbocycles. The Morgan fingerprint density at radius 1 is 1.25 bits per heavy atom. The van der Waals surface area contributed by atoms with Gasteiger partial charge in [-0.3, -0.25) is 0 Å². The average Bonchev–Trinajstić information content (AvgIpc) is 2.49. The van der Waals surface area contributed by atoms with Gasteiger partial charge in [-0.15, -0.1) is 0 Å². The zero-order valence-electron chi connectivity index (χ0n) is 12.8. The maximum Gasteiger partial charge on any atom is 0.317 e. The van der Waals surface area contributed by atoms with Crippen molar-refractivity contribution < 1.29 is 9.53 Å². The Hall–Kier alpha value is -1.55. The van der Waals surface area contributed by atoms with Gasteiger partial charge in [-0.1, -0.05) is 44.2 Å². The molecule has 1 rings (SSSR count). The summed E-state index contributed by atoms with van der Waals surface area (Å²) in [6.07, 6.45) is 1.90. The Bertz CT molecular complexity index is 377. The van der Waals surface area contributed by atoms with Crippen LogP contribution in [-0.4, -0.2) is 37.2 Å². The van der Waals surface area contributed by atoms with Crippen LogP contribution in [0, 0.1) is 0 Å². The molecule has 1 aromatic carbocycles. The van der Waals surface area contributed by atoms with Crippen LogP contribution in [-0.2, 0) is 11.3 Å². The fourth-order valence-electron chi connectivity index (χ4n) is 2.02. The van der Waals surface area contributed by atoms with Crippen LogP contribution < -0.4 is 5.32 Å². The van der Waals surface area contributed by atoms with E-state index < -0.39 is 0 Å². The summed E-state index contributed by atoms with van der Waals surface area (Å²) in [6, 6.07) is 10.2. The molecular weight excluding hydrogens is 252 g/mol. The van der Waals surface area contributed by atoms with Crippen molar-refractivity contribution in [3.63, 3.8) is 0 Å². The molecule has 20 heavy (non-hydrogen) atoms. The van der Waals surface area contributed by atoms with E-state index in [1.165, 1.54) is 0 Å². The maximum absolute atomic E-state index is 12.3. The average molecular weight is 278 g/mol. The highest BCUT2D eigenvalue weighted by molar-refractivity contribution is 5.74. The number of carbonyl (C=O) groups excluding carboxylic acids is 1. The van der Waals surface area contributed by atoms with Crippen molar-refractivity contribution in [3.05, 3.63) is 35.9 Å². The Morgan fingerprint density at radius 3 is 2.45 bits per heavy atom. The van der Waals surface area contributed by atoms with Gasteiger partial charge in [0.1, 0.15) is 0 Å². The van der Waals surface area contributed by atoms with Gasteiger partial charge in [0.15, 0.2) is 0 Å². The van der Waals surface area contributed by atoms with E-state index in [0.717, 1.165) is 18.4 Å².